The zero-order chi connectivity index (χ0) is 22.6. The number of aromatic nitrogens is 3. The molecule has 0 N–H and O–H groups in total. The summed E-state index contributed by atoms with van der Waals surface area (Å²) in [5, 5.41) is 9.38. The van der Waals surface area contributed by atoms with Crippen LogP contribution < -0.4 is 4.90 Å². The SMILES string of the molecule is Cc1nnc(SCC(=O)N2c3ccccc3SC[C@@H]2c2ccccc2)n1Cc1ccccc1. The van der Waals surface area contributed by atoms with Crippen LogP contribution in [0.3, 0.4) is 0 Å². The van der Waals surface area contributed by atoms with E-state index in [-0.39, 0.29) is 11.9 Å². The van der Waals surface area contributed by atoms with Crippen LogP contribution >= 0.6 is 23.5 Å². The monoisotopic (exact) mass is 472 g/mol. The summed E-state index contributed by atoms with van der Waals surface area (Å²) < 4.78 is 2.07. The van der Waals surface area contributed by atoms with Crippen molar-refractivity contribution in [3.63, 3.8) is 0 Å². The van der Waals surface area contributed by atoms with Crippen LogP contribution in [-0.2, 0) is 11.3 Å². The average Bonchev–Trinajstić information content (AvgIpc) is 3.21. The minimum absolute atomic E-state index is 0.00289. The van der Waals surface area contributed by atoms with E-state index in [0.717, 1.165) is 32.9 Å². The third-order valence-corrected chi connectivity index (χ3v) is 7.79. The van der Waals surface area contributed by atoms with Gasteiger partial charge < -0.3 is 9.47 Å². The summed E-state index contributed by atoms with van der Waals surface area (Å²) in [4.78, 5) is 16.7. The van der Waals surface area contributed by atoms with Gasteiger partial charge in [0.2, 0.25) is 5.91 Å². The smallest absolute Gasteiger partial charge is 0.238 e. The Kier molecular flexibility index (Phi) is 6.51. The first-order valence-electron chi connectivity index (χ1n) is 10.9. The molecular formula is C26H24N4OS2. The van der Waals surface area contributed by atoms with Crippen molar-refractivity contribution in [1.29, 1.82) is 0 Å². The van der Waals surface area contributed by atoms with Gasteiger partial charge in [-0.05, 0) is 30.2 Å². The second-order valence-electron chi connectivity index (χ2n) is 7.86. The van der Waals surface area contributed by atoms with E-state index in [1.54, 1.807) is 0 Å². The van der Waals surface area contributed by atoms with Gasteiger partial charge in [-0.1, -0.05) is 84.6 Å². The van der Waals surface area contributed by atoms with Crippen molar-refractivity contribution in [2.45, 2.75) is 29.6 Å². The third kappa shape index (κ3) is 4.70. The van der Waals surface area contributed by atoms with E-state index in [9.17, 15) is 4.79 Å². The minimum atomic E-state index is 0.00289. The molecule has 4 aromatic rings. The first-order chi connectivity index (χ1) is 16.2. The summed E-state index contributed by atoms with van der Waals surface area (Å²) in [6.45, 7) is 2.64. The molecule has 5 nitrogen and oxygen atoms in total. The Morgan fingerprint density at radius 2 is 1.67 bits per heavy atom. The lowest BCUT2D eigenvalue weighted by molar-refractivity contribution is -0.116. The summed E-state index contributed by atoms with van der Waals surface area (Å²) in [5.74, 6) is 2.06. The van der Waals surface area contributed by atoms with E-state index in [4.69, 9.17) is 0 Å². The highest BCUT2D eigenvalue weighted by atomic mass is 32.2. The first kappa shape index (κ1) is 21.8. The van der Waals surface area contributed by atoms with Gasteiger partial charge in [0.1, 0.15) is 5.82 Å². The molecule has 3 aromatic carbocycles. The van der Waals surface area contributed by atoms with E-state index >= 15 is 0 Å². The van der Waals surface area contributed by atoms with E-state index in [1.807, 2.05) is 78.2 Å². The lowest BCUT2D eigenvalue weighted by Gasteiger charge is -2.37. The standard InChI is InChI=1S/C26H24N4OS2/c1-19-27-28-26(29(19)16-20-10-4-2-5-11-20)33-18-25(31)30-22-14-8-9-15-24(22)32-17-23(30)21-12-6-3-7-13-21/h2-15,23H,16-18H2,1H3/t23-/m1/s1. The normalized spacial score (nSPS) is 15.3. The van der Waals surface area contributed by atoms with E-state index in [2.05, 4.69) is 45.1 Å². The number of benzene rings is 3. The average molecular weight is 473 g/mol. The lowest BCUT2D eigenvalue weighted by Crippen LogP contribution is -2.39. The van der Waals surface area contributed by atoms with Gasteiger partial charge in [-0.3, -0.25) is 4.79 Å². The van der Waals surface area contributed by atoms with Crippen LogP contribution in [-0.4, -0.2) is 32.2 Å². The zero-order valence-corrected chi connectivity index (χ0v) is 19.9. The Bertz CT molecular complexity index is 1240. The molecule has 1 aliphatic rings. The Balaban J connectivity index is 1.39. The van der Waals surface area contributed by atoms with Gasteiger partial charge in [0.15, 0.2) is 5.16 Å². The second kappa shape index (κ2) is 9.85. The molecule has 1 aromatic heterocycles. The van der Waals surface area contributed by atoms with Crippen LogP contribution in [0, 0.1) is 6.92 Å². The van der Waals surface area contributed by atoms with Gasteiger partial charge in [-0.25, -0.2) is 0 Å². The maximum atomic E-state index is 13.6. The predicted octanol–water partition coefficient (Wildman–Crippen LogP) is 5.61. The van der Waals surface area contributed by atoms with Crippen LogP contribution in [0.4, 0.5) is 5.69 Å². The van der Waals surface area contributed by atoms with Gasteiger partial charge in [0.05, 0.1) is 24.0 Å². The summed E-state index contributed by atoms with van der Waals surface area (Å²) in [5.41, 5.74) is 3.32. The largest absolute Gasteiger partial charge is 0.302 e. The Morgan fingerprint density at radius 3 is 2.45 bits per heavy atom. The fourth-order valence-corrected chi connectivity index (χ4v) is 6.04. The van der Waals surface area contributed by atoms with Gasteiger partial charge in [-0.15, -0.1) is 22.0 Å². The van der Waals surface area contributed by atoms with Crippen molar-refractivity contribution in [2.24, 2.45) is 0 Å². The van der Waals surface area contributed by atoms with Crippen molar-refractivity contribution in [2.75, 3.05) is 16.4 Å². The van der Waals surface area contributed by atoms with Crippen LogP contribution in [0.5, 0.6) is 0 Å². The van der Waals surface area contributed by atoms with Crippen LogP contribution in [0.15, 0.2) is 95.0 Å². The topological polar surface area (TPSA) is 51.0 Å². The molecule has 1 amide bonds. The second-order valence-corrected chi connectivity index (χ2v) is 9.86. The number of aryl methyl sites for hydroxylation is 1. The molecule has 7 heteroatoms. The molecule has 0 spiro atoms. The number of hydrogen-bond donors (Lipinski definition) is 0. The number of thioether (sulfide) groups is 2. The van der Waals surface area contributed by atoms with Crippen LogP contribution in [0.25, 0.3) is 0 Å². The van der Waals surface area contributed by atoms with Gasteiger partial charge in [0, 0.05) is 10.6 Å². The number of nitrogens with zero attached hydrogens (tertiary/aromatic N) is 4. The fraction of sp³-hybridized carbons (Fsp3) is 0.192. The Labute approximate surface area is 202 Å². The van der Waals surface area contributed by atoms with Gasteiger partial charge >= 0.3 is 0 Å². The molecule has 2 heterocycles. The van der Waals surface area contributed by atoms with Gasteiger partial charge in [0.25, 0.3) is 0 Å². The summed E-state index contributed by atoms with van der Waals surface area (Å²) in [6, 6.07) is 28.7. The molecule has 0 fully saturated rings. The van der Waals surface area contributed by atoms with Crippen molar-refractivity contribution in [1.82, 2.24) is 14.8 Å². The van der Waals surface area contributed by atoms with Crippen molar-refractivity contribution < 1.29 is 4.79 Å². The third-order valence-electron chi connectivity index (χ3n) is 5.70. The van der Waals surface area contributed by atoms with Crippen LogP contribution in [0.2, 0.25) is 0 Å². The molecule has 1 aliphatic heterocycles. The van der Waals surface area contributed by atoms with E-state index < -0.39 is 0 Å². The summed E-state index contributed by atoms with van der Waals surface area (Å²) >= 11 is 3.26. The minimum Gasteiger partial charge on any atom is -0.302 e. The van der Waals surface area contributed by atoms with Crippen molar-refractivity contribution in [3.05, 3.63) is 102 Å². The first-order valence-corrected chi connectivity index (χ1v) is 12.8. The van der Waals surface area contributed by atoms with Gasteiger partial charge in [-0.2, -0.15) is 0 Å². The van der Waals surface area contributed by atoms with Crippen molar-refractivity contribution >= 4 is 35.1 Å². The number of carbonyl (C=O) groups excluding carboxylic acids is 1. The molecule has 0 saturated carbocycles. The highest BCUT2D eigenvalue weighted by Gasteiger charge is 2.32. The maximum absolute atomic E-state index is 13.6. The Hall–Kier alpha value is -3.03. The Morgan fingerprint density at radius 1 is 0.970 bits per heavy atom. The predicted molar refractivity (Wildman–Crippen MR) is 135 cm³/mol. The molecule has 0 unspecified atom stereocenters. The number of rotatable bonds is 6. The number of amides is 1. The molecule has 0 saturated heterocycles. The lowest BCUT2D eigenvalue weighted by atomic mass is 10.1. The number of fused-ring (bicyclic) bond motifs is 1. The summed E-state index contributed by atoms with van der Waals surface area (Å²) in [7, 11) is 0. The molecule has 5 rings (SSSR count). The molecule has 1 atom stereocenters. The number of anilines is 1. The zero-order valence-electron chi connectivity index (χ0n) is 18.3. The molecule has 0 aliphatic carbocycles. The van der Waals surface area contributed by atoms with Crippen LogP contribution in [0.1, 0.15) is 23.0 Å². The highest BCUT2D eigenvalue weighted by molar-refractivity contribution is 8.00. The quantitative estimate of drug-likeness (QED) is 0.342. The molecular weight excluding hydrogens is 448 g/mol. The highest BCUT2D eigenvalue weighted by Crippen LogP contribution is 2.43. The van der Waals surface area contributed by atoms with E-state index in [1.165, 1.54) is 17.3 Å². The molecule has 33 heavy (non-hydrogen) atoms. The van der Waals surface area contributed by atoms with Crippen molar-refractivity contribution in [3.8, 4) is 0 Å². The number of hydrogen-bond acceptors (Lipinski definition) is 5. The fourth-order valence-electron chi connectivity index (χ4n) is 4.03. The van der Waals surface area contributed by atoms with E-state index in [0.29, 0.717) is 12.3 Å². The molecule has 0 radical (unpaired) electrons. The molecule has 0 bridgehead atoms. The molecule has 166 valence electrons. The summed E-state index contributed by atoms with van der Waals surface area (Å²) in [6.07, 6.45) is 0. The number of carbonyl (C=O) groups is 1. The maximum Gasteiger partial charge on any atom is 0.238 e. The number of para-hydroxylation sites is 1.